The van der Waals surface area contributed by atoms with Gasteiger partial charge in [0.05, 0.1) is 22.3 Å². The second-order valence-corrected chi connectivity index (χ2v) is 4.92. The van der Waals surface area contributed by atoms with Gasteiger partial charge in [-0.05, 0) is 30.5 Å². The first-order chi connectivity index (χ1) is 8.06. The van der Waals surface area contributed by atoms with Crippen LogP contribution in [-0.4, -0.2) is 12.6 Å². The summed E-state index contributed by atoms with van der Waals surface area (Å²) in [5, 5.41) is 12.6. The second kappa shape index (κ2) is 6.48. The van der Waals surface area contributed by atoms with E-state index in [1.807, 2.05) is 6.07 Å². The number of hydrogen-bond acceptors (Lipinski definition) is 3. The Labute approximate surface area is 108 Å². The van der Waals surface area contributed by atoms with Crippen LogP contribution in [0.2, 0.25) is 5.02 Å². The molecular formula is C13H18ClN3. The van der Waals surface area contributed by atoms with Gasteiger partial charge in [0.2, 0.25) is 0 Å². The lowest BCUT2D eigenvalue weighted by molar-refractivity contribution is 0.522. The molecule has 0 saturated carbocycles. The van der Waals surface area contributed by atoms with Gasteiger partial charge < -0.3 is 11.1 Å². The molecule has 1 unspecified atom stereocenters. The molecule has 0 aliphatic heterocycles. The standard InChI is InChI=1S/C13H18ClN3/c1-9(2)5-11(8-16)17-13-4-3-10(7-15)6-12(13)14/h3-4,6,9,11,17H,5,8,16H2,1-2H3. The first-order valence-electron chi connectivity index (χ1n) is 5.73. The summed E-state index contributed by atoms with van der Waals surface area (Å²) >= 11 is 6.09. The van der Waals surface area contributed by atoms with Crippen molar-refractivity contribution >= 4 is 17.3 Å². The van der Waals surface area contributed by atoms with Crippen molar-refractivity contribution in [2.24, 2.45) is 11.7 Å². The fourth-order valence-corrected chi connectivity index (χ4v) is 1.94. The van der Waals surface area contributed by atoms with Crippen LogP contribution in [-0.2, 0) is 0 Å². The van der Waals surface area contributed by atoms with E-state index in [2.05, 4.69) is 25.2 Å². The second-order valence-electron chi connectivity index (χ2n) is 4.51. The van der Waals surface area contributed by atoms with Gasteiger partial charge in [0, 0.05) is 12.6 Å². The molecule has 0 aromatic heterocycles. The van der Waals surface area contributed by atoms with Gasteiger partial charge in [-0.1, -0.05) is 25.4 Å². The molecule has 0 aliphatic carbocycles. The summed E-state index contributed by atoms with van der Waals surface area (Å²) in [5.41, 5.74) is 7.12. The van der Waals surface area contributed by atoms with Crippen molar-refractivity contribution in [3.8, 4) is 6.07 Å². The quantitative estimate of drug-likeness (QED) is 0.846. The molecule has 92 valence electrons. The zero-order chi connectivity index (χ0) is 12.8. The molecule has 3 N–H and O–H groups in total. The van der Waals surface area contributed by atoms with Crippen molar-refractivity contribution in [3.63, 3.8) is 0 Å². The van der Waals surface area contributed by atoms with E-state index >= 15 is 0 Å². The molecule has 3 nitrogen and oxygen atoms in total. The highest BCUT2D eigenvalue weighted by atomic mass is 35.5. The van der Waals surface area contributed by atoms with E-state index in [4.69, 9.17) is 22.6 Å². The fraction of sp³-hybridized carbons (Fsp3) is 0.462. The molecule has 0 amide bonds. The van der Waals surface area contributed by atoms with Gasteiger partial charge in [0.1, 0.15) is 0 Å². The number of nitriles is 1. The zero-order valence-electron chi connectivity index (χ0n) is 10.2. The molecule has 1 atom stereocenters. The lowest BCUT2D eigenvalue weighted by Crippen LogP contribution is -2.30. The van der Waals surface area contributed by atoms with E-state index in [1.165, 1.54) is 0 Å². The monoisotopic (exact) mass is 251 g/mol. The molecule has 1 aromatic carbocycles. The van der Waals surface area contributed by atoms with Gasteiger partial charge in [-0.2, -0.15) is 5.26 Å². The predicted molar refractivity (Wildman–Crippen MR) is 72.1 cm³/mol. The maximum Gasteiger partial charge on any atom is 0.0992 e. The summed E-state index contributed by atoms with van der Waals surface area (Å²) < 4.78 is 0. The minimum atomic E-state index is 0.209. The summed E-state index contributed by atoms with van der Waals surface area (Å²) in [5.74, 6) is 0.577. The Hall–Kier alpha value is -1.24. The van der Waals surface area contributed by atoms with Crippen LogP contribution in [0.5, 0.6) is 0 Å². The van der Waals surface area contributed by atoms with Crippen molar-refractivity contribution in [1.82, 2.24) is 0 Å². The normalized spacial score (nSPS) is 12.2. The van der Waals surface area contributed by atoms with Crippen LogP contribution in [0, 0.1) is 17.2 Å². The maximum absolute atomic E-state index is 8.75. The number of nitrogens with zero attached hydrogens (tertiary/aromatic N) is 1. The van der Waals surface area contributed by atoms with E-state index in [0.717, 1.165) is 12.1 Å². The molecule has 1 rings (SSSR count). The topological polar surface area (TPSA) is 61.8 Å². The minimum absolute atomic E-state index is 0.209. The van der Waals surface area contributed by atoms with Crippen LogP contribution in [0.4, 0.5) is 5.69 Å². The molecule has 1 aromatic rings. The van der Waals surface area contributed by atoms with Crippen molar-refractivity contribution in [2.45, 2.75) is 26.3 Å². The Kier molecular flexibility index (Phi) is 5.27. The van der Waals surface area contributed by atoms with Gasteiger partial charge in [-0.25, -0.2) is 0 Å². The number of anilines is 1. The number of nitrogens with one attached hydrogen (secondary N) is 1. The first kappa shape index (κ1) is 13.8. The van der Waals surface area contributed by atoms with Gasteiger partial charge in [0.15, 0.2) is 0 Å². The Morgan fingerprint density at radius 2 is 2.18 bits per heavy atom. The average Bonchev–Trinajstić information content (AvgIpc) is 2.29. The minimum Gasteiger partial charge on any atom is -0.380 e. The average molecular weight is 252 g/mol. The van der Waals surface area contributed by atoms with Crippen LogP contribution in [0.3, 0.4) is 0 Å². The Bertz CT molecular complexity index is 410. The van der Waals surface area contributed by atoms with E-state index in [9.17, 15) is 0 Å². The van der Waals surface area contributed by atoms with Crippen LogP contribution >= 0.6 is 11.6 Å². The zero-order valence-corrected chi connectivity index (χ0v) is 11.0. The third-order valence-electron chi connectivity index (χ3n) is 2.50. The highest BCUT2D eigenvalue weighted by Gasteiger charge is 2.10. The van der Waals surface area contributed by atoms with Crippen LogP contribution < -0.4 is 11.1 Å². The van der Waals surface area contributed by atoms with Crippen LogP contribution in [0.25, 0.3) is 0 Å². The van der Waals surface area contributed by atoms with Crippen molar-refractivity contribution in [1.29, 1.82) is 5.26 Å². The Morgan fingerprint density at radius 3 is 2.65 bits per heavy atom. The lowest BCUT2D eigenvalue weighted by Gasteiger charge is -2.20. The summed E-state index contributed by atoms with van der Waals surface area (Å²) in [6.07, 6.45) is 0.993. The number of nitrogens with two attached hydrogens (primary N) is 1. The molecule has 0 aliphatic rings. The van der Waals surface area contributed by atoms with Gasteiger partial charge in [-0.15, -0.1) is 0 Å². The molecule has 0 fully saturated rings. The van der Waals surface area contributed by atoms with E-state index in [1.54, 1.807) is 12.1 Å². The maximum atomic E-state index is 8.75. The fourth-order valence-electron chi connectivity index (χ4n) is 1.70. The lowest BCUT2D eigenvalue weighted by atomic mass is 10.0. The molecule has 0 saturated heterocycles. The van der Waals surface area contributed by atoms with Crippen molar-refractivity contribution in [2.75, 3.05) is 11.9 Å². The summed E-state index contributed by atoms with van der Waals surface area (Å²) in [6.45, 7) is 4.88. The Morgan fingerprint density at radius 1 is 1.47 bits per heavy atom. The molecule has 17 heavy (non-hydrogen) atoms. The predicted octanol–water partition coefficient (Wildman–Crippen LogP) is 3.00. The van der Waals surface area contributed by atoms with Gasteiger partial charge in [0.25, 0.3) is 0 Å². The van der Waals surface area contributed by atoms with Gasteiger partial charge in [-0.3, -0.25) is 0 Å². The third kappa shape index (κ3) is 4.26. The smallest absolute Gasteiger partial charge is 0.0992 e. The molecule has 0 radical (unpaired) electrons. The van der Waals surface area contributed by atoms with Crippen LogP contribution in [0.1, 0.15) is 25.8 Å². The highest BCUT2D eigenvalue weighted by Crippen LogP contribution is 2.24. The van der Waals surface area contributed by atoms with Crippen LogP contribution in [0.15, 0.2) is 18.2 Å². The van der Waals surface area contributed by atoms with E-state index in [-0.39, 0.29) is 6.04 Å². The van der Waals surface area contributed by atoms with Gasteiger partial charge >= 0.3 is 0 Å². The number of hydrogen-bond donors (Lipinski definition) is 2. The number of benzene rings is 1. The molecule has 0 heterocycles. The summed E-state index contributed by atoms with van der Waals surface area (Å²) in [6, 6.07) is 7.50. The SMILES string of the molecule is CC(C)CC(CN)Nc1ccc(C#N)cc1Cl. The summed E-state index contributed by atoms with van der Waals surface area (Å²) in [7, 11) is 0. The summed E-state index contributed by atoms with van der Waals surface area (Å²) in [4.78, 5) is 0. The molecular weight excluding hydrogens is 234 g/mol. The first-order valence-corrected chi connectivity index (χ1v) is 6.10. The number of halogens is 1. The van der Waals surface area contributed by atoms with E-state index < -0.39 is 0 Å². The molecule has 4 heteroatoms. The third-order valence-corrected chi connectivity index (χ3v) is 2.81. The largest absolute Gasteiger partial charge is 0.380 e. The highest BCUT2D eigenvalue weighted by molar-refractivity contribution is 6.33. The number of rotatable bonds is 5. The Balaban J connectivity index is 2.76. The van der Waals surface area contributed by atoms with E-state index in [0.29, 0.717) is 23.0 Å². The molecule has 0 bridgehead atoms. The van der Waals surface area contributed by atoms with Crippen molar-refractivity contribution in [3.05, 3.63) is 28.8 Å². The molecule has 0 spiro atoms. The van der Waals surface area contributed by atoms with Crippen molar-refractivity contribution < 1.29 is 0 Å².